The number of carbonyl (C=O) groups excluding carboxylic acids is 1. The first-order valence-electron chi connectivity index (χ1n) is 7.61. The average Bonchev–Trinajstić information content (AvgIpc) is 2.66. The SMILES string of the molecule is COc1ccc(OC)c(COC(=O)[C@@H](C)Oc2ccc(C#N)cc2)c1. The largest absolute Gasteiger partial charge is 0.497 e. The van der Waals surface area contributed by atoms with Crippen LogP contribution in [0.2, 0.25) is 0 Å². The summed E-state index contributed by atoms with van der Waals surface area (Å²) in [5.74, 6) is 1.24. The molecule has 0 unspecified atom stereocenters. The Labute approximate surface area is 146 Å². The average molecular weight is 341 g/mol. The molecule has 6 heteroatoms. The molecule has 0 aliphatic heterocycles. The molecule has 6 nitrogen and oxygen atoms in total. The van der Waals surface area contributed by atoms with Crippen LogP contribution in [0.15, 0.2) is 42.5 Å². The Hall–Kier alpha value is -3.20. The molecule has 0 saturated heterocycles. The Morgan fingerprint density at radius 2 is 1.76 bits per heavy atom. The number of nitriles is 1. The highest BCUT2D eigenvalue weighted by molar-refractivity contribution is 5.74. The summed E-state index contributed by atoms with van der Waals surface area (Å²) in [6.45, 7) is 1.64. The van der Waals surface area contributed by atoms with E-state index in [4.69, 9.17) is 24.2 Å². The van der Waals surface area contributed by atoms with E-state index in [0.29, 0.717) is 28.4 Å². The molecule has 25 heavy (non-hydrogen) atoms. The van der Waals surface area contributed by atoms with Gasteiger partial charge in [0.1, 0.15) is 23.9 Å². The van der Waals surface area contributed by atoms with Crippen molar-refractivity contribution in [3.63, 3.8) is 0 Å². The van der Waals surface area contributed by atoms with Crippen molar-refractivity contribution in [1.29, 1.82) is 5.26 Å². The second kappa shape index (κ2) is 8.60. The van der Waals surface area contributed by atoms with E-state index >= 15 is 0 Å². The number of hydrogen-bond donors (Lipinski definition) is 0. The van der Waals surface area contributed by atoms with Crippen LogP contribution in [0.5, 0.6) is 17.2 Å². The molecule has 0 aliphatic carbocycles. The second-order valence-electron chi connectivity index (χ2n) is 5.18. The molecule has 0 spiro atoms. The number of esters is 1. The van der Waals surface area contributed by atoms with E-state index in [9.17, 15) is 4.79 Å². The fourth-order valence-corrected chi connectivity index (χ4v) is 2.12. The molecule has 0 aromatic heterocycles. The summed E-state index contributed by atoms with van der Waals surface area (Å²) in [6.07, 6.45) is -0.787. The van der Waals surface area contributed by atoms with Gasteiger partial charge in [0.15, 0.2) is 6.10 Å². The molecule has 0 radical (unpaired) electrons. The Balaban J connectivity index is 1.96. The highest BCUT2D eigenvalue weighted by Gasteiger charge is 2.17. The summed E-state index contributed by atoms with van der Waals surface area (Å²) >= 11 is 0. The van der Waals surface area contributed by atoms with Gasteiger partial charge in [0.05, 0.1) is 25.9 Å². The van der Waals surface area contributed by atoms with Gasteiger partial charge in [-0.15, -0.1) is 0 Å². The third-order valence-electron chi connectivity index (χ3n) is 3.49. The Morgan fingerprint density at radius 3 is 2.36 bits per heavy atom. The van der Waals surface area contributed by atoms with Crippen molar-refractivity contribution in [2.45, 2.75) is 19.6 Å². The van der Waals surface area contributed by atoms with Gasteiger partial charge in [0.25, 0.3) is 0 Å². The minimum atomic E-state index is -0.787. The van der Waals surface area contributed by atoms with Crippen LogP contribution in [-0.4, -0.2) is 26.3 Å². The maximum Gasteiger partial charge on any atom is 0.347 e. The van der Waals surface area contributed by atoms with E-state index in [2.05, 4.69) is 0 Å². The third-order valence-corrected chi connectivity index (χ3v) is 3.49. The second-order valence-corrected chi connectivity index (χ2v) is 5.18. The monoisotopic (exact) mass is 341 g/mol. The Morgan fingerprint density at radius 1 is 1.08 bits per heavy atom. The molecule has 0 fully saturated rings. The topological polar surface area (TPSA) is 77.8 Å². The minimum absolute atomic E-state index is 0.0419. The van der Waals surface area contributed by atoms with Crippen molar-refractivity contribution in [1.82, 2.24) is 0 Å². The number of rotatable bonds is 7. The predicted octanol–water partition coefficient (Wildman–Crippen LogP) is 3.09. The van der Waals surface area contributed by atoms with Crippen molar-refractivity contribution < 1.29 is 23.7 Å². The number of ether oxygens (including phenoxy) is 4. The van der Waals surface area contributed by atoms with Crippen LogP contribution in [0.3, 0.4) is 0 Å². The van der Waals surface area contributed by atoms with Gasteiger partial charge in [0, 0.05) is 5.56 Å². The molecule has 0 bridgehead atoms. The molecule has 2 rings (SSSR count). The lowest BCUT2D eigenvalue weighted by Gasteiger charge is -2.15. The maximum absolute atomic E-state index is 12.1. The van der Waals surface area contributed by atoms with Gasteiger partial charge in [-0.3, -0.25) is 0 Å². The summed E-state index contributed by atoms with van der Waals surface area (Å²) < 4.78 is 21.2. The Kier molecular flexibility index (Phi) is 6.24. The fourth-order valence-electron chi connectivity index (χ4n) is 2.12. The van der Waals surface area contributed by atoms with E-state index in [0.717, 1.165) is 0 Å². The Bertz CT molecular complexity index is 764. The molecule has 130 valence electrons. The van der Waals surface area contributed by atoms with Gasteiger partial charge in [-0.05, 0) is 49.4 Å². The highest BCUT2D eigenvalue weighted by atomic mass is 16.6. The standard InChI is InChI=1S/C19H19NO5/c1-13(25-16-6-4-14(11-20)5-7-16)19(21)24-12-15-10-17(22-2)8-9-18(15)23-3/h4-10,13H,12H2,1-3H3/t13-/m1/s1. The van der Waals surface area contributed by atoms with E-state index in [1.165, 1.54) is 0 Å². The van der Waals surface area contributed by atoms with E-state index in [1.807, 2.05) is 6.07 Å². The summed E-state index contributed by atoms with van der Waals surface area (Å²) in [6, 6.07) is 13.8. The molecule has 2 aromatic rings. The van der Waals surface area contributed by atoms with Gasteiger partial charge < -0.3 is 18.9 Å². The van der Waals surface area contributed by atoms with E-state index in [1.54, 1.807) is 63.6 Å². The van der Waals surface area contributed by atoms with Crippen LogP contribution in [-0.2, 0) is 16.1 Å². The molecule has 0 saturated carbocycles. The first-order chi connectivity index (χ1) is 12.1. The summed E-state index contributed by atoms with van der Waals surface area (Å²) in [4.78, 5) is 12.1. The lowest BCUT2D eigenvalue weighted by atomic mass is 10.2. The van der Waals surface area contributed by atoms with Crippen LogP contribution in [0.25, 0.3) is 0 Å². The number of methoxy groups -OCH3 is 2. The van der Waals surface area contributed by atoms with Gasteiger partial charge in [-0.25, -0.2) is 4.79 Å². The zero-order chi connectivity index (χ0) is 18.2. The zero-order valence-corrected chi connectivity index (χ0v) is 14.3. The van der Waals surface area contributed by atoms with Crippen LogP contribution < -0.4 is 14.2 Å². The van der Waals surface area contributed by atoms with Gasteiger partial charge in [-0.2, -0.15) is 5.26 Å². The van der Waals surface area contributed by atoms with Crippen LogP contribution >= 0.6 is 0 Å². The molecule has 0 heterocycles. The number of carbonyl (C=O) groups is 1. The van der Waals surface area contributed by atoms with E-state index in [-0.39, 0.29) is 6.61 Å². The van der Waals surface area contributed by atoms with Crippen molar-refractivity contribution in [2.24, 2.45) is 0 Å². The summed E-state index contributed by atoms with van der Waals surface area (Å²) in [5, 5.41) is 8.77. The first-order valence-corrected chi connectivity index (χ1v) is 7.61. The van der Waals surface area contributed by atoms with Crippen molar-refractivity contribution >= 4 is 5.97 Å². The van der Waals surface area contributed by atoms with E-state index < -0.39 is 12.1 Å². The fraction of sp³-hybridized carbons (Fsp3) is 0.263. The number of benzene rings is 2. The summed E-state index contributed by atoms with van der Waals surface area (Å²) in [5.41, 5.74) is 1.22. The van der Waals surface area contributed by atoms with Crippen LogP contribution in [0.4, 0.5) is 0 Å². The predicted molar refractivity (Wildman–Crippen MR) is 90.6 cm³/mol. The lowest BCUT2D eigenvalue weighted by Crippen LogP contribution is -2.26. The van der Waals surface area contributed by atoms with Gasteiger partial charge in [-0.1, -0.05) is 0 Å². The number of nitrogens with zero attached hydrogens (tertiary/aromatic N) is 1. The van der Waals surface area contributed by atoms with Gasteiger partial charge >= 0.3 is 5.97 Å². The normalized spacial score (nSPS) is 11.1. The highest BCUT2D eigenvalue weighted by Crippen LogP contribution is 2.25. The smallest absolute Gasteiger partial charge is 0.347 e. The third kappa shape index (κ3) is 4.88. The molecule has 0 amide bonds. The minimum Gasteiger partial charge on any atom is -0.497 e. The van der Waals surface area contributed by atoms with Crippen molar-refractivity contribution in [3.8, 4) is 23.3 Å². The lowest BCUT2D eigenvalue weighted by molar-refractivity contribution is -0.152. The van der Waals surface area contributed by atoms with Crippen LogP contribution in [0, 0.1) is 11.3 Å². The van der Waals surface area contributed by atoms with Crippen molar-refractivity contribution in [3.05, 3.63) is 53.6 Å². The molecule has 1 atom stereocenters. The van der Waals surface area contributed by atoms with Gasteiger partial charge in [0.2, 0.25) is 0 Å². The molecule has 2 aromatic carbocycles. The zero-order valence-electron chi connectivity index (χ0n) is 14.3. The van der Waals surface area contributed by atoms with Crippen LogP contribution in [0.1, 0.15) is 18.1 Å². The molecule has 0 aliphatic rings. The quantitative estimate of drug-likeness (QED) is 0.720. The molecule has 0 N–H and O–H groups in total. The summed E-state index contributed by atoms with van der Waals surface area (Å²) in [7, 11) is 3.11. The first kappa shape index (κ1) is 18.1. The number of hydrogen-bond acceptors (Lipinski definition) is 6. The van der Waals surface area contributed by atoms with Crippen molar-refractivity contribution in [2.75, 3.05) is 14.2 Å². The molecular weight excluding hydrogens is 322 g/mol. The maximum atomic E-state index is 12.1. The molecular formula is C19H19NO5.